The maximum Gasteiger partial charge on any atom is 0.329 e. The smallest absolute Gasteiger partial charge is 0.329 e. The number of benzene rings is 2. The zero-order chi connectivity index (χ0) is 20.4. The molecule has 8 nitrogen and oxygen atoms in total. The predicted octanol–water partition coefficient (Wildman–Crippen LogP) is 2.36. The Morgan fingerprint density at radius 3 is 2.61 bits per heavy atom. The SMILES string of the molecule is C=CCOc1cccc(/C=N/NC(=O)C(=O)Nc2ccc(OC)cc2OC)c1. The Morgan fingerprint density at radius 1 is 1.07 bits per heavy atom. The fraction of sp³-hybridized carbons (Fsp3) is 0.150. The Labute approximate surface area is 162 Å². The maximum atomic E-state index is 12.0. The molecule has 0 aromatic heterocycles. The lowest BCUT2D eigenvalue weighted by molar-refractivity contribution is -0.136. The van der Waals surface area contributed by atoms with Gasteiger partial charge in [-0.3, -0.25) is 9.59 Å². The van der Waals surface area contributed by atoms with Crippen LogP contribution in [0.3, 0.4) is 0 Å². The molecule has 2 amide bonds. The molecule has 0 saturated carbocycles. The molecule has 0 unspecified atom stereocenters. The van der Waals surface area contributed by atoms with E-state index in [4.69, 9.17) is 14.2 Å². The van der Waals surface area contributed by atoms with Gasteiger partial charge < -0.3 is 19.5 Å². The van der Waals surface area contributed by atoms with Crippen molar-refractivity contribution >= 4 is 23.7 Å². The van der Waals surface area contributed by atoms with Gasteiger partial charge in [-0.1, -0.05) is 24.8 Å². The summed E-state index contributed by atoms with van der Waals surface area (Å²) in [5.41, 5.74) is 3.20. The number of ether oxygens (including phenoxy) is 3. The lowest BCUT2D eigenvalue weighted by Gasteiger charge is -2.10. The van der Waals surface area contributed by atoms with Crippen LogP contribution >= 0.6 is 0 Å². The largest absolute Gasteiger partial charge is 0.497 e. The number of carbonyl (C=O) groups is 2. The summed E-state index contributed by atoms with van der Waals surface area (Å²) < 4.78 is 15.7. The lowest BCUT2D eigenvalue weighted by atomic mass is 10.2. The Kier molecular flexibility index (Phi) is 7.59. The lowest BCUT2D eigenvalue weighted by Crippen LogP contribution is -2.32. The van der Waals surface area contributed by atoms with Crippen LogP contribution in [0.5, 0.6) is 17.2 Å². The number of carbonyl (C=O) groups excluding carboxylic acids is 2. The van der Waals surface area contributed by atoms with E-state index in [0.29, 0.717) is 35.1 Å². The molecule has 2 rings (SSSR count). The number of rotatable bonds is 8. The molecule has 146 valence electrons. The van der Waals surface area contributed by atoms with Gasteiger partial charge in [-0.2, -0.15) is 5.10 Å². The summed E-state index contributed by atoms with van der Waals surface area (Å²) in [7, 11) is 2.96. The Balaban J connectivity index is 1.95. The number of hydrogen-bond donors (Lipinski definition) is 2. The topological polar surface area (TPSA) is 98.2 Å². The average Bonchev–Trinajstić information content (AvgIpc) is 2.72. The van der Waals surface area contributed by atoms with Crippen molar-refractivity contribution in [1.82, 2.24) is 5.43 Å². The van der Waals surface area contributed by atoms with Gasteiger partial charge in [0.15, 0.2) is 0 Å². The first kappa shape index (κ1) is 20.5. The van der Waals surface area contributed by atoms with Gasteiger partial charge in [0.1, 0.15) is 23.9 Å². The second-order valence-corrected chi connectivity index (χ2v) is 5.39. The number of nitrogens with zero attached hydrogens (tertiary/aromatic N) is 1. The number of nitrogens with one attached hydrogen (secondary N) is 2. The highest BCUT2D eigenvalue weighted by molar-refractivity contribution is 6.39. The van der Waals surface area contributed by atoms with E-state index in [1.165, 1.54) is 20.4 Å². The first-order valence-corrected chi connectivity index (χ1v) is 8.27. The summed E-state index contributed by atoms with van der Waals surface area (Å²) in [6.07, 6.45) is 3.04. The van der Waals surface area contributed by atoms with Gasteiger partial charge in [0.25, 0.3) is 0 Å². The molecule has 2 aromatic rings. The van der Waals surface area contributed by atoms with Gasteiger partial charge in [-0.05, 0) is 29.8 Å². The quantitative estimate of drug-likeness (QED) is 0.316. The van der Waals surface area contributed by atoms with Gasteiger partial charge in [0.2, 0.25) is 0 Å². The van der Waals surface area contributed by atoms with Crippen LogP contribution in [0.15, 0.2) is 60.2 Å². The van der Waals surface area contributed by atoms with E-state index in [2.05, 4.69) is 22.4 Å². The van der Waals surface area contributed by atoms with Crippen molar-refractivity contribution < 1.29 is 23.8 Å². The molecule has 0 aliphatic heterocycles. The second kappa shape index (κ2) is 10.4. The summed E-state index contributed by atoms with van der Waals surface area (Å²) >= 11 is 0. The van der Waals surface area contributed by atoms with Crippen LogP contribution in [-0.2, 0) is 9.59 Å². The Morgan fingerprint density at radius 2 is 1.89 bits per heavy atom. The maximum absolute atomic E-state index is 12.0. The summed E-state index contributed by atoms with van der Waals surface area (Å²) in [6, 6.07) is 11.9. The van der Waals surface area contributed by atoms with E-state index < -0.39 is 11.8 Å². The third-order valence-electron chi connectivity index (χ3n) is 3.47. The molecule has 0 bridgehead atoms. The van der Waals surface area contributed by atoms with Gasteiger partial charge >= 0.3 is 11.8 Å². The molecule has 0 atom stereocenters. The highest BCUT2D eigenvalue weighted by atomic mass is 16.5. The number of amides is 2. The van der Waals surface area contributed by atoms with Crippen LogP contribution in [0.25, 0.3) is 0 Å². The number of anilines is 1. The molecule has 0 heterocycles. The molecule has 0 fully saturated rings. The normalized spacial score (nSPS) is 10.2. The van der Waals surface area contributed by atoms with Crippen LogP contribution in [0.1, 0.15) is 5.56 Å². The van der Waals surface area contributed by atoms with E-state index in [9.17, 15) is 9.59 Å². The first-order chi connectivity index (χ1) is 13.6. The molecule has 8 heteroatoms. The minimum atomic E-state index is -0.923. The minimum Gasteiger partial charge on any atom is -0.497 e. The number of hydrogen-bond acceptors (Lipinski definition) is 6. The van der Waals surface area contributed by atoms with Crippen LogP contribution in [0, 0.1) is 0 Å². The van der Waals surface area contributed by atoms with E-state index in [1.54, 1.807) is 48.5 Å². The molecular formula is C20H21N3O5. The van der Waals surface area contributed by atoms with Gasteiger partial charge in [0.05, 0.1) is 26.1 Å². The number of methoxy groups -OCH3 is 2. The van der Waals surface area contributed by atoms with Crippen molar-refractivity contribution in [2.24, 2.45) is 5.10 Å². The van der Waals surface area contributed by atoms with E-state index in [0.717, 1.165) is 0 Å². The molecule has 0 radical (unpaired) electrons. The third kappa shape index (κ3) is 5.87. The minimum absolute atomic E-state index is 0.333. The monoisotopic (exact) mass is 383 g/mol. The van der Waals surface area contributed by atoms with Crippen LogP contribution in [0.2, 0.25) is 0 Å². The summed E-state index contributed by atoms with van der Waals surface area (Å²) in [4.78, 5) is 24.0. The highest BCUT2D eigenvalue weighted by Crippen LogP contribution is 2.28. The summed E-state index contributed by atoms with van der Waals surface area (Å²) in [5, 5.41) is 6.24. The van der Waals surface area contributed by atoms with E-state index in [-0.39, 0.29) is 0 Å². The van der Waals surface area contributed by atoms with E-state index in [1.807, 2.05) is 0 Å². The zero-order valence-corrected chi connectivity index (χ0v) is 15.6. The summed E-state index contributed by atoms with van der Waals surface area (Å²) in [5.74, 6) is -0.250. The second-order valence-electron chi connectivity index (χ2n) is 5.39. The molecule has 28 heavy (non-hydrogen) atoms. The fourth-order valence-electron chi connectivity index (χ4n) is 2.14. The Bertz CT molecular complexity index is 880. The van der Waals surface area contributed by atoms with Crippen LogP contribution < -0.4 is 25.0 Å². The molecule has 0 aliphatic rings. The van der Waals surface area contributed by atoms with Crippen molar-refractivity contribution in [3.05, 3.63) is 60.7 Å². The van der Waals surface area contributed by atoms with Gasteiger partial charge in [0, 0.05) is 6.07 Å². The van der Waals surface area contributed by atoms with E-state index >= 15 is 0 Å². The molecular weight excluding hydrogens is 362 g/mol. The van der Waals surface area contributed by atoms with Crippen molar-refractivity contribution in [2.45, 2.75) is 0 Å². The standard InChI is InChI=1S/C20H21N3O5/c1-4-10-28-16-7-5-6-14(11-16)13-21-23-20(25)19(24)22-17-9-8-15(26-2)12-18(17)27-3/h4-9,11-13H,1,10H2,2-3H3,(H,22,24)(H,23,25)/b21-13+. The van der Waals surface area contributed by atoms with Crippen molar-refractivity contribution in [3.8, 4) is 17.2 Å². The predicted molar refractivity (Wildman–Crippen MR) is 106 cm³/mol. The Hall–Kier alpha value is -3.81. The van der Waals surface area contributed by atoms with Gasteiger partial charge in [-0.15, -0.1) is 0 Å². The van der Waals surface area contributed by atoms with Gasteiger partial charge in [-0.25, -0.2) is 5.43 Å². The molecule has 2 N–H and O–H groups in total. The molecule has 2 aromatic carbocycles. The summed E-state index contributed by atoms with van der Waals surface area (Å²) in [6.45, 7) is 3.96. The third-order valence-corrected chi connectivity index (χ3v) is 3.47. The zero-order valence-electron chi connectivity index (χ0n) is 15.6. The molecule has 0 spiro atoms. The molecule has 0 aliphatic carbocycles. The molecule has 0 saturated heterocycles. The van der Waals surface area contributed by atoms with Crippen molar-refractivity contribution in [2.75, 3.05) is 26.1 Å². The first-order valence-electron chi connectivity index (χ1n) is 8.27. The van der Waals surface area contributed by atoms with Crippen molar-refractivity contribution in [3.63, 3.8) is 0 Å². The van der Waals surface area contributed by atoms with Crippen LogP contribution in [-0.4, -0.2) is 38.9 Å². The van der Waals surface area contributed by atoms with Crippen LogP contribution in [0.4, 0.5) is 5.69 Å². The fourth-order valence-corrected chi connectivity index (χ4v) is 2.14. The highest BCUT2D eigenvalue weighted by Gasteiger charge is 2.15. The number of hydrazone groups is 1. The van der Waals surface area contributed by atoms with Crippen molar-refractivity contribution in [1.29, 1.82) is 0 Å². The average molecular weight is 383 g/mol.